The first-order valence-electron chi connectivity index (χ1n) is 13.9. The van der Waals surface area contributed by atoms with Crippen molar-refractivity contribution in [2.45, 2.75) is 50.5 Å². The molecule has 7 rings (SSSR count). The highest BCUT2D eigenvalue weighted by molar-refractivity contribution is 6.00. The SMILES string of the molecule is NC(=O)c1c2n(n(-c3ccccc3)c1=O)CCOC2c1ccc(-c2cn(C3CCC(O)CC3)c3nnnc(N)c23)cn1. The van der Waals surface area contributed by atoms with Crippen LogP contribution in [-0.2, 0) is 11.3 Å². The van der Waals surface area contributed by atoms with E-state index in [0.29, 0.717) is 41.3 Å². The van der Waals surface area contributed by atoms with Crippen molar-refractivity contribution in [3.05, 3.63) is 82.2 Å². The molecule has 5 heterocycles. The number of fused-ring (bicyclic) bond motifs is 2. The van der Waals surface area contributed by atoms with Gasteiger partial charge < -0.3 is 25.9 Å². The molecule has 0 saturated heterocycles. The van der Waals surface area contributed by atoms with Crippen molar-refractivity contribution in [1.82, 2.24) is 34.3 Å². The first-order valence-corrected chi connectivity index (χ1v) is 13.9. The number of aliphatic hydroxyl groups excluding tert-OH is 1. The summed E-state index contributed by atoms with van der Waals surface area (Å²) in [5, 5.41) is 22.8. The summed E-state index contributed by atoms with van der Waals surface area (Å²) in [5.41, 5.74) is 15.1. The molecule has 0 bridgehead atoms. The normalized spacial score (nSPS) is 20.5. The lowest BCUT2D eigenvalue weighted by molar-refractivity contribution is 0.0366. The van der Waals surface area contributed by atoms with E-state index in [2.05, 4.69) is 20.0 Å². The van der Waals surface area contributed by atoms with Gasteiger partial charge in [0, 0.05) is 29.6 Å². The molecule has 13 heteroatoms. The van der Waals surface area contributed by atoms with E-state index in [-0.39, 0.29) is 23.5 Å². The van der Waals surface area contributed by atoms with Crippen LogP contribution in [0.4, 0.5) is 5.82 Å². The number of ether oxygens (including phenoxy) is 1. The Bertz CT molecular complexity index is 1850. The van der Waals surface area contributed by atoms with E-state index < -0.39 is 17.6 Å². The molecule has 1 saturated carbocycles. The van der Waals surface area contributed by atoms with Crippen molar-refractivity contribution in [3.63, 3.8) is 0 Å². The van der Waals surface area contributed by atoms with Crippen LogP contribution in [0.1, 0.15) is 59.6 Å². The number of pyridine rings is 1. The van der Waals surface area contributed by atoms with Crippen LogP contribution >= 0.6 is 0 Å². The molecule has 1 fully saturated rings. The monoisotopic (exact) mass is 567 g/mol. The molecule has 0 radical (unpaired) electrons. The Morgan fingerprint density at radius 3 is 2.55 bits per heavy atom. The van der Waals surface area contributed by atoms with Crippen LogP contribution in [0.3, 0.4) is 0 Å². The van der Waals surface area contributed by atoms with Gasteiger partial charge in [0.1, 0.15) is 11.7 Å². The fourth-order valence-electron chi connectivity index (χ4n) is 6.25. The predicted molar refractivity (Wildman–Crippen MR) is 153 cm³/mol. The second-order valence-corrected chi connectivity index (χ2v) is 10.7. The lowest BCUT2D eigenvalue weighted by Crippen LogP contribution is -2.28. The highest BCUT2D eigenvalue weighted by Crippen LogP contribution is 2.38. The highest BCUT2D eigenvalue weighted by Gasteiger charge is 2.35. The van der Waals surface area contributed by atoms with Gasteiger partial charge in [-0.1, -0.05) is 24.3 Å². The number of hydrogen-bond donors (Lipinski definition) is 3. The number of nitrogen functional groups attached to an aromatic ring is 1. The van der Waals surface area contributed by atoms with Crippen molar-refractivity contribution in [2.75, 3.05) is 12.3 Å². The van der Waals surface area contributed by atoms with E-state index in [1.807, 2.05) is 36.5 Å². The minimum absolute atomic E-state index is 0.118. The topological polar surface area (TPSA) is 182 Å². The van der Waals surface area contributed by atoms with Gasteiger partial charge in [-0.05, 0) is 49.1 Å². The number of aromatic nitrogens is 7. The van der Waals surface area contributed by atoms with Gasteiger partial charge in [0.2, 0.25) is 0 Å². The second-order valence-electron chi connectivity index (χ2n) is 10.7. The Balaban J connectivity index is 1.30. The Labute approximate surface area is 239 Å². The molecule has 0 spiro atoms. The number of carbonyl (C=O) groups excluding carboxylic acids is 1. The highest BCUT2D eigenvalue weighted by atomic mass is 16.5. The molecule has 5 N–H and O–H groups in total. The minimum Gasteiger partial charge on any atom is -0.393 e. The van der Waals surface area contributed by atoms with Gasteiger partial charge in [0.05, 0.1) is 41.7 Å². The molecule has 42 heavy (non-hydrogen) atoms. The summed E-state index contributed by atoms with van der Waals surface area (Å²) in [4.78, 5) is 30.7. The molecular weight excluding hydrogens is 538 g/mol. The lowest BCUT2D eigenvalue weighted by Gasteiger charge is -2.27. The number of carbonyl (C=O) groups is 1. The number of benzene rings is 1. The number of primary amides is 1. The third-order valence-corrected chi connectivity index (χ3v) is 8.24. The van der Waals surface area contributed by atoms with E-state index in [9.17, 15) is 14.7 Å². The lowest BCUT2D eigenvalue weighted by atomic mass is 9.93. The molecule has 1 atom stereocenters. The summed E-state index contributed by atoms with van der Waals surface area (Å²) in [6.45, 7) is 0.678. The number of aliphatic hydroxyl groups is 1. The molecule has 1 aliphatic heterocycles. The first-order chi connectivity index (χ1) is 20.4. The molecule has 1 unspecified atom stereocenters. The summed E-state index contributed by atoms with van der Waals surface area (Å²) in [6.07, 6.45) is 5.71. The standard InChI is InChI=1S/C29H29N9O4/c30-26-22-20(15-36(28(22)34-35-33-26)17-7-9-19(39)10-8-17)16-6-11-21(32-14-16)25-24-23(27(31)40)29(41)38(37(24)12-13-42-25)18-4-2-1-3-5-18/h1-6,11,14-15,17,19,25,39H,7-10,12-13H2,(H2,31,40)(H2,30,33,34). The van der Waals surface area contributed by atoms with Crippen LogP contribution in [0, 0.1) is 0 Å². The second kappa shape index (κ2) is 10.2. The molecule has 4 aromatic heterocycles. The number of para-hydroxylation sites is 1. The average molecular weight is 568 g/mol. The molecule has 2 aliphatic rings. The smallest absolute Gasteiger partial charge is 0.284 e. The quantitative estimate of drug-likeness (QED) is 0.286. The summed E-state index contributed by atoms with van der Waals surface area (Å²) < 4.78 is 11.4. The number of amides is 1. The van der Waals surface area contributed by atoms with Crippen molar-refractivity contribution in [2.24, 2.45) is 5.73 Å². The van der Waals surface area contributed by atoms with Gasteiger partial charge >= 0.3 is 0 Å². The zero-order chi connectivity index (χ0) is 29.0. The summed E-state index contributed by atoms with van der Waals surface area (Å²) in [7, 11) is 0. The van der Waals surface area contributed by atoms with Crippen molar-refractivity contribution < 1.29 is 14.6 Å². The third-order valence-electron chi connectivity index (χ3n) is 8.24. The number of hydrogen-bond acceptors (Lipinski definition) is 9. The third kappa shape index (κ3) is 4.16. The van der Waals surface area contributed by atoms with E-state index in [4.69, 9.17) is 21.2 Å². The maximum atomic E-state index is 13.4. The van der Waals surface area contributed by atoms with Gasteiger partial charge in [-0.3, -0.25) is 19.3 Å². The predicted octanol–water partition coefficient (Wildman–Crippen LogP) is 2.12. The van der Waals surface area contributed by atoms with Gasteiger partial charge in [-0.15, -0.1) is 10.2 Å². The zero-order valence-electron chi connectivity index (χ0n) is 22.6. The molecule has 1 aromatic carbocycles. The average Bonchev–Trinajstić information content (AvgIpc) is 3.54. The molecule has 13 nitrogen and oxygen atoms in total. The molecular formula is C29H29N9O4. The molecule has 1 aliphatic carbocycles. The summed E-state index contributed by atoms with van der Waals surface area (Å²) >= 11 is 0. The van der Waals surface area contributed by atoms with Crippen LogP contribution in [0.2, 0.25) is 0 Å². The van der Waals surface area contributed by atoms with Crippen LogP contribution in [0.25, 0.3) is 27.8 Å². The van der Waals surface area contributed by atoms with E-state index in [1.165, 1.54) is 4.68 Å². The molecule has 5 aromatic rings. The maximum absolute atomic E-state index is 13.4. The van der Waals surface area contributed by atoms with Crippen LogP contribution < -0.4 is 17.0 Å². The van der Waals surface area contributed by atoms with Crippen molar-refractivity contribution >= 4 is 22.8 Å². The Morgan fingerprint density at radius 2 is 1.83 bits per heavy atom. The Hall–Kier alpha value is -4.88. The van der Waals surface area contributed by atoms with E-state index >= 15 is 0 Å². The van der Waals surface area contributed by atoms with Gasteiger partial charge in [0.25, 0.3) is 11.5 Å². The number of nitrogens with zero attached hydrogens (tertiary/aromatic N) is 7. The molecule has 214 valence electrons. The number of anilines is 1. The first kappa shape index (κ1) is 26.0. The summed E-state index contributed by atoms with van der Waals surface area (Å²) in [6, 6.07) is 13.0. The molecule has 1 amide bonds. The Kier molecular flexibility index (Phi) is 6.32. The fourth-order valence-corrected chi connectivity index (χ4v) is 6.25. The maximum Gasteiger partial charge on any atom is 0.284 e. The minimum atomic E-state index is -0.822. The van der Waals surface area contributed by atoms with Crippen molar-refractivity contribution in [1.29, 1.82) is 0 Å². The van der Waals surface area contributed by atoms with E-state index in [1.54, 1.807) is 23.0 Å². The number of nitrogens with two attached hydrogens (primary N) is 2. The van der Waals surface area contributed by atoms with E-state index in [0.717, 1.165) is 36.8 Å². The Morgan fingerprint density at radius 1 is 1.05 bits per heavy atom. The number of rotatable bonds is 5. The van der Waals surface area contributed by atoms with Gasteiger partial charge in [-0.25, -0.2) is 4.68 Å². The van der Waals surface area contributed by atoms with Gasteiger partial charge in [-0.2, -0.15) is 0 Å². The summed E-state index contributed by atoms with van der Waals surface area (Å²) in [5.74, 6) is -0.556. The van der Waals surface area contributed by atoms with Crippen molar-refractivity contribution in [3.8, 4) is 16.8 Å². The van der Waals surface area contributed by atoms with Crippen LogP contribution in [0.5, 0.6) is 0 Å². The van der Waals surface area contributed by atoms with Crippen LogP contribution in [-0.4, -0.2) is 58.0 Å². The largest absolute Gasteiger partial charge is 0.393 e. The van der Waals surface area contributed by atoms with Gasteiger partial charge in [0.15, 0.2) is 11.5 Å². The fraction of sp³-hybridized carbons (Fsp3) is 0.310. The van der Waals surface area contributed by atoms with Crippen LogP contribution in [0.15, 0.2) is 59.7 Å². The zero-order valence-corrected chi connectivity index (χ0v) is 22.6.